The van der Waals surface area contributed by atoms with Gasteiger partial charge in [-0.3, -0.25) is 0 Å². The smallest absolute Gasteiger partial charge is 0.129 e. The Kier molecular flexibility index (Phi) is 5.98. The van der Waals surface area contributed by atoms with E-state index in [4.69, 9.17) is 4.74 Å². The van der Waals surface area contributed by atoms with Gasteiger partial charge in [0.05, 0.1) is 0 Å². The van der Waals surface area contributed by atoms with Gasteiger partial charge in [0.2, 0.25) is 0 Å². The summed E-state index contributed by atoms with van der Waals surface area (Å²) in [6, 6.07) is 5.35. The van der Waals surface area contributed by atoms with E-state index in [1.165, 1.54) is 6.07 Å². The molecule has 1 atom stereocenters. The van der Waals surface area contributed by atoms with Crippen molar-refractivity contribution in [3.8, 4) is 5.75 Å². The molecular formula is C14H22FNO. The molecule has 0 spiro atoms. The minimum atomic E-state index is -0.210. The normalized spacial score (nSPS) is 12.5. The van der Waals surface area contributed by atoms with Crippen LogP contribution in [0.25, 0.3) is 0 Å². The second-order valence-electron chi connectivity index (χ2n) is 4.27. The zero-order valence-corrected chi connectivity index (χ0v) is 10.9. The lowest BCUT2D eigenvalue weighted by atomic mass is 10.2. The number of rotatable bonds is 7. The number of benzene rings is 1. The zero-order chi connectivity index (χ0) is 12.7. The SMILES string of the molecule is CCCC(COc1ccc(C)c(F)c1)NCC. The van der Waals surface area contributed by atoms with E-state index >= 15 is 0 Å². The molecule has 1 aromatic rings. The molecule has 96 valence electrons. The average molecular weight is 239 g/mol. The summed E-state index contributed by atoms with van der Waals surface area (Å²) in [5, 5.41) is 3.36. The molecule has 2 nitrogen and oxygen atoms in total. The van der Waals surface area contributed by atoms with Gasteiger partial charge in [-0.25, -0.2) is 4.39 Å². The van der Waals surface area contributed by atoms with Gasteiger partial charge in [0, 0.05) is 12.1 Å². The van der Waals surface area contributed by atoms with Crippen molar-refractivity contribution in [2.75, 3.05) is 13.2 Å². The quantitative estimate of drug-likeness (QED) is 0.788. The third kappa shape index (κ3) is 4.73. The number of halogens is 1. The van der Waals surface area contributed by atoms with Crippen LogP contribution < -0.4 is 10.1 Å². The van der Waals surface area contributed by atoms with E-state index in [0.717, 1.165) is 19.4 Å². The highest BCUT2D eigenvalue weighted by molar-refractivity contribution is 5.27. The molecule has 3 heteroatoms. The van der Waals surface area contributed by atoms with Gasteiger partial charge in [-0.05, 0) is 31.5 Å². The molecule has 0 fully saturated rings. The largest absolute Gasteiger partial charge is 0.492 e. The summed E-state index contributed by atoms with van der Waals surface area (Å²) in [5.74, 6) is 0.394. The molecule has 0 aliphatic rings. The molecule has 0 aliphatic carbocycles. The lowest BCUT2D eigenvalue weighted by Crippen LogP contribution is -2.34. The zero-order valence-electron chi connectivity index (χ0n) is 10.9. The van der Waals surface area contributed by atoms with Crippen molar-refractivity contribution in [2.45, 2.75) is 39.7 Å². The highest BCUT2D eigenvalue weighted by atomic mass is 19.1. The maximum Gasteiger partial charge on any atom is 0.129 e. The lowest BCUT2D eigenvalue weighted by Gasteiger charge is -2.17. The summed E-state index contributed by atoms with van der Waals surface area (Å²) >= 11 is 0. The Bertz CT molecular complexity index is 335. The van der Waals surface area contributed by atoms with Gasteiger partial charge in [-0.2, -0.15) is 0 Å². The summed E-state index contributed by atoms with van der Waals surface area (Å²) in [6.45, 7) is 7.49. The van der Waals surface area contributed by atoms with E-state index in [-0.39, 0.29) is 5.82 Å². The monoisotopic (exact) mass is 239 g/mol. The Morgan fingerprint density at radius 3 is 2.71 bits per heavy atom. The predicted octanol–water partition coefficient (Wildman–Crippen LogP) is 3.29. The van der Waals surface area contributed by atoms with Gasteiger partial charge < -0.3 is 10.1 Å². The number of hydrogen-bond donors (Lipinski definition) is 1. The van der Waals surface area contributed by atoms with Gasteiger partial charge in [0.1, 0.15) is 18.2 Å². The molecule has 0 saturated heterocycles. The lowest BCUT2D eigenvalue weighted by molar-refractivity contribution is 0.256. The fourth-order valence-corrected chi connectivity index (χ4v) is 1.74. The number of hydrogen-bond acceptors (Lipinski definition) is 2. The maximum atomic E-state index is 13.3. The van der Waals surface area contributed by atoms with Gasteiger partial charge >= 0.3 is 0 Å². The van der Waals surface area contributed by atoms with E-state index in [2.05, 4.69) is 19.2 Å². The van der Waals surface area contributed by atoms with Crippen molar-refractivity contribution in [3.05, 3.63) is 29.6 Å². The van der Waals surface area contributed by atoms with E-state index in [1.54, 1.807) is 13.0 Å². The standard InChI is InChI=1S/C14H22FNO/c1-4-6-12(16-5-2)10-17-13-8-7-11(3)14(15)9-13/h7-9,12,16H,4-6,10H2,1-3H3. The van der Waals surface area contributed by atoms with Crippen LogP contribution in [0.5, 0.6) is 5.75 Å². The molecule has 0 saturated carbocycles. The minimum absolute atomic E-state index is 0.210. The first kappa shape index (κ1) is 14.0. The summed E-state index contributed by atoms with van der Waals surface area (Å²) in [6.07, 6.45) is 2.19. The van der Waals surface area contributed by atoms with E-state index in [9.17, 15) is 4.39 Å². The number of likely N-dealkylation sites (N-methyl/N-ethyl adjacent to an activating group) is 1. The summed E-state index contributed by atoms with van der Waals surface area (Å²) < 4.78 is 18.9. The van der Waals surface area contributed by atoms with E-state index in [0.29, 0.717) is 24.0 Å². The molecule has 0 bridgehead atoms. The summed E-state index contributed by atoms with van der Waals surface area (Å²) in [4.78, 5) is 0. The van der Waals surface area contributed by atoms with E-state index < -0.39 is 0 Å². The van der Waals surface area contributed by atoms with Gasteiger partial charge in [-0.1, -0.05) is 26.3 Å². The Labute approximate surface area is 103 Å². The fourth-order valence-electron chi connectivity index (χ4n) is 1.74. The van der Waals surface area contributed by atoms with Gasteiger partial charge in [0.25, 0.3) is 0 Å². The Morgan fingerprint density at radius 1 is 1.35 bits per heavy atom. The molecule has 1 unspecified atom stereocenters. The van der Waals surface area contributed by atoms with Crippen LogP contribution in [0.2, 0.25) is 0 Å². The van der Waals surface area contributed by atoms with Crippen LogP contribution in [0.4, 0.5) is 4.39 Å². The molecule has 17 heavy (non-hydrogen) atoms. The molecule has 0 aliphatic heterocycles. The highest BCUT2D eigenvalue weighted by Crippen LogP contribution is 2.16. The van der Waals surface area contributed by atoms with Crippen molar-refractivity contribution in [1.82, 2.24) is 5.32 Å². The second-order valence-corrected chi connectivity index (χ2v) is 4.27. The molecular weight excluding hydrogens is 217 g/mol. The molecule has 0 heterocycles. The second kappa shape index (κ2) is 7.28. The van der Waals surface area contributed by atoms with Crippen LogP contribution in [0.15, 0.2) is 18.2 Å². The van der Waals surface area contributed by atoms with Crippen LogP contribution in [-0.4, -0.2) is 19.2 Å². The summed E-state index contributed by atoms with van der Waals surface area (Å²) in [5.41, 5.74) is 0.647. The first-order chi connectivity index (χ1) is 8.17. The highest BCUT2D eigenvalue weighted by Gasteiger charge is 2.07. The molecule has 0 radical (unpaired) electrons. The Hall–Kier alpha value is -1.09. The van der Waals surface area contributed by atoms with Crippen molar-refractivity contribution in [1.29, 1.82) is 0 Å². The Morgan fingerprint density at radius 2 is 2.12 bits per heavy atom. The molecule has 1 N–H and O–H groups in total. The van der Waals surface area contributed by atoms with Crippen LogP contribution in [0.1, 0.15) is 32.3 Å². The first-order valence-electron chi connectivity index (χ1n) is 6.29. The molecule has 0 aromatic heterocycles. The topological polar surface area (TPSA) is 21.3 Å². The minimum Gasteiger partial charge on any atom is -0.492 e. The summed E-state index contributed by atoms with van der Waals surface area (Å²) in [7, 11) is 0. The third-order valence-electron chi connectivity index (χ3n) is 2.72. The van der Waals surface area contributed by atoms with Crippen LogP contribution in [-0.2, 0) is 0 Å². The fraction of sp³-hybridized carbons (Fsp3) is 0.571. The third-order valence-corrected chi connectivity index (χ3v) is 2.72. The van der Waals surface area contributed by atoms with Gasteiger partial charge in [0.15, 0.2) is 0 Å². The molecule has 0 amide bonds. The number of nitrogens with one attached hydrogen (secondary N) is 1. The average Bonchev–Trinajstić information content (AvgIpc) is 2.31. The first-order valence-corrected chi connectivity index (χ1v) is 6.29. The molecule has 1 rings (SSSR count). The van der Waals surface area contributed by atoms with E-state index in [1.807, 2.05) is 6.07 Å². The van der Waals surface area contributed by atoms with Crippen molar-refractivity contribution in [2.24, 2.45) is 0 Å². The number of ether oxygens (including phenoxy) is 1. The maximum absolute atomic E-state index is 13.3. The van der Waals surface area contributed by atoms with Crippen molar-refractivity contribution < 1.29 is 9.13 Å². The van der Waals surface area contributed by atoms with Crippen LogP contribution >= 0.6 is 0 Å². The number of aryl methyl sites for hydroxylation is 1. The Balaban J connectivity index is 2.49. The van der Waals surface area contributed by atoms with Gasteiger partial charge in [-0.15, -0.1) is 0 Å². The van der Waals surface area contributed by atoms with Crippen LogP contribution in [0.3, 0.4) is 0 Å². The molecule has 1 aromatic carbocycles. The van der Waals surface area contributed by atoms with Crippen molar-refractivity contribution in [3.63, 3.8) is 0 Å². The van der Waals surface area contributed by atoms with Crippen LogP contribution in [0, 0.1) is 12.7 Å². The predicted molar refractivity (Wildman–Crippen MR) is 69.0 cm³/mol. The van der Waals surface area contributed by atoms with Crippen molar-refractivity contribution >= 4 is 0 Å².